The molecule has 0 heterocycles. The number of aliphatic hydroxyl groups is 1. The highest BCUT2D eigenvalue weighted by atomic mass is 16.3. The fourth-order valence-electron chi connectivity index (χ4n) is 1.21. The largest absolute Gasteiger partial charge is 0.399 e. The topological polar surface area (TPSA) is 72.3 Å². The molecule has 3 nitrogen and oxygen atoms in total. The normalized spacial score (nSPS) is 12.9. The van der Waals surface area contributed by atoms with E-state index in [1.807, 2.05) is 19.1 Å². The number of aliphatic hydroxyl groups excluding tert-OH is 1. The molecule has 3 heteroatoms. The van der Waals surface area contributed by atoms with E-state index in [0.29, 0.717) is 0 Å². The van der Waals surface area contributed by atoms with Gasteiger partial charge in [-0.2, -0.15) is 0 Å². The van der Waals surface area contributed by atoms with Crippen molar-refractivity contribution in [1.29, 1.82) is 0 Å². The highest BCUT2D eigenvalue weighted by Gasteiger charge is 2.06. The quantitative estimate of drug-likeness (QED) is 0.562. The Morgan fingerprint density at radius 1 is 1.50 bits per heavy atom. The van der Waals surface area contributed by atoms with Crippen LogP contribution in [0.2, 0.25) is 0 Å². The maximum Gasteiger partial charge on any atom is 0.0624 e. The van der Waals surface area contributed by atoms with Gasteiger partial charge < -0.3 is 16.6 Å². The molecule has 0 aliphatic rings. The first-order valence-electron chi connectivity index (χ1n) is 3.87. The van der Waals surface area contributed by atoms with Crippen LogP contribution in [-0.2, 0) is 0 Å². The lowest BCUT2D eigenvalue weighted by molar-refractivity contribution is 0.267. The van der Waals surface area contributed by atoms with Gasteiger partial charge in [0.05, 0.1) is 12.6 Å². The van der Waals surface area contributed by atoms with E-state index in [0.717, 1.165) is 16.8 Å². The van der Waals surface area contributed by atoms with Crippen molar-refractivity contribution in [3.63, 3.8) is 0 Å². The Bertz CT molecular complexity index is 273. The Morgan fingerprint density at radius 3 is 2.67 bits per heavy atom. The van der Waals surface area contributed by atoms with E-state index in [1.54, 1.807) is 6.07 Å². The summed E-state index contributed by atoms with van der Waals surface area (Å²) in [4.78, 5) is 0. The Kier molecular flexibility index (Phi) is 2.68. The molecule has 0 aromatic heterocycles. The molecule has 0 spiro atoms. The summed E-state index contributed by atoms with van der Waals surface area (Å²) in [7, 11) is 0. The predicted molar refractivity (Wildman–Crippen MR) is 49.6 cm³/mol. The van der Waals surface area contributed by atoms with Gasteiger partial charge in [0.25, 0.3) is 0 Å². The molecule has 66 valence electrons. The molecule has 0 saturated carbocycles. The van der Waals surface area contributed by atoms with Gasteiger partial charge in [0, 0.05) is 5.69 Å². The van der Waals surface area contributed by atoms with Gasteiger partial charge in [-0.15, -0.1) is 0 Å². The van der Waals surface area contributed by atoms with E-state index in [1.165, 1.54) is 0 Å². The first-order valence-corrected chi connectivity index (χ1v) is 3.87. The summed E-state index contributed by atoms with van der Waals surface area (Å²) in [5.41, 5.74) is 13.9. The van der Waals surface area contributed by atoms with Crippen molar-refractivity contribution in [1.82, 2.24) is 0 Å². The van der Waals surface area contributed by atoms with Crippen LogP contribution < -0.4 is 11.5 Å². The van der Waals surface area contributed by atoms with E-state index in [2.05, 4.69) is 0 Å². The van der Waals surface area contributed by atoms with Gasteiger partial charge in [0.15, 0.2) is 0 Å². The number of aryl methyl sites for hydroxylation is 1. The molecule has 1 aromatic rings. The highest BCUT2D eigenvalue weighted by molar-refractivity contribution is 5.45. The van der Waals surface area contributed by atoms with Crippen LogP contribution in [0.15, 0.2) is 18.2 Å². The lowest BCUT2D eigenvalue weighted by Gasteiger charge is -2.11. The van der Waals surface area contributed by atoms with Crippen molar-refractivity contribution < 1.29 is 5.11 Å². The minimum atomic E-state index is -0.300. The van der Waals surface area contributed by atoms with Crippen molar-refractivity contribution in [2.75, 3.05) is 12.3 Å². The standard InChI is InChI=1S/C9H14N2O/c1-6-4-7(10)2-3-8(6)9(11)5-12/h2-4,9,12H,5,10-11H2,1H3/t9-/m1/s1. The first-order chi connectivity index (χ1) is 5.65. The zero-order valence-electron chi connectivity index (χ0n) is 7.12. The van der Waals surface area contributed by atoms with Crippen LogP contribution in [0.25, 0.3) is 0 Å². The van der Waals surface area contributed by atoms with Crippen molar-refractivity contribution >= 4 is 5.69 Å². The second-order valence-electron chi connectivity index (χ2n) is 2.91. The second-order valence-corrected chi connectivity index (χ2v) is 2.91. The average Bonchev–Trinajstić information content (AvgIpc) is 2.03. The molecule has 0 amide bonds. The fourth-order valence-corrected chi connectivity index (χ4v) is 1.21. The Labute approximate surface area is 72.0 Å². The summed E-state index contributed by atoms with van der Waals surface area (Å²) in [6, 6.07) is 5.19. The van der Waals surface area contributed by atoms with E-state index in [-0.39, 0.29) is 12.6 Å². The van der Waals surface area contributed by atoms with E-state index < -0.39 is 0 Å². The maximum atomic E-state index is 8.83. The molecule has 5 N–H and O–H groups in total. The van der Waals surface area contributed by atoms with Gasteiger partial charge in [-0.05, 0) is 30.2 Å². The van der Waals surface area contributed by atoms with Crippen LogP contribution in [0.1, 0.15) is 17.2 Å². The van der Waals surface area contributed by atoms with Crippen molar-refractivity contribution in [2.24, 2.45) is 5.73 Å². The Morgan fingerprint density at radius 2 is 2.17 bits per heavy atom. The zero-order chi connectivity index (χ0) is 9.14. The molecule has 1 atom stereocenters. The monoisotopic (exact) mass is 166 g/mol. The summed E-state index contributed by atoms with van der Waals surface area (Å²) in [5, 5.41) is 8.83. The smallest absolute Gasteiger partial charge is 0.0624 e. The molecule has 0 bridgehead atoms. The van der Waals surface area contributed by atoms with E-state index in [4.69, 9.17) is 16.6 Å². The molecule has 1 rings (SSSR count). The molecule has 12 heavy (non-hydrogen) atoms. The van der Waals surface area contributed by atoms with Crippen LogP contribution in [0.3, 0.4) is 0 Å². The number of nitrogens with two attached hydrogens (primary N) is 2. The zero-order valence-corrected chi connectivity index (χ0v) is 7.12. The molecular formula is C9H14N2O. The summed E-state index contributed by atoms with van der Waals surface area (Å²) in [6.07, 6.45) is 0. The van der Waals surface area contributed by atoms with Crippen molar-refractivity contribution in [3.05, 3.63) is 29.3 Å². The minimum Gasteiger partial charge on any atom is -0.399 e. The first kappa shape index (κ1) is 9.03. The third kappa shape index (κ3) is 1.75. The number of hydrogen-bond donors (Lipinski definition) is 3. The predicted octanol–water partition coefficient (Wildman–Crippen LogP) is 0.569. The lowest BCUT2D eigenvalue weighted by atomic mass is 10.0. The molecule has 0 aliphatic heterocycles. The summed E-state index contributed by atoms with van der Waals surface area (Å²) in [6.45, 7) is 1.89. The number of anilines is 1. The van der Waals surface area contributed by atoms with Gasteiger partial charge >= 0.3 is 0 Å². The van der Waals surface area contributed by atoms with Gasteiger partial charge in [-0.3, -0.25) is 0 Å². The number of hydrogen-bond acceptors (Lipinski definition) is 3. The fraction of sp³-hybridized carbons (Fsp3) is 0.333. The Hall–Kier alpha value is -1.06. The molecule has 0 fully saturated rings. The number of benzene rings is 1. The van der Waals surface area contributed by atoms with Crippen LogP contribution >= 0.6 is 0 Å². The van der Waals surface area contributed by atoms with Crippen molar-refractivity contribution in [3.8, 4) is 0 Å². The molecular weight excluding hydrogens is 152 g/mol. The molecule has 0 saturated heterocycles. The summed E-state index contributed by atoms with van der Waals surface area (Å²) < 4.78 is 0. The Balaban J connectivity index is 3.01. The van der Waals surface area contributed by atoms with Gasteiger partial charge in [0.1, 0.15) is 0 Å². The third-order valence-electron chi connectivity index (χ3n) is 1.89. The highest BCUT2D eigenvalue weighted by Crippen LogP contribution is 2.17. The lowest BCUT2D eigenvalue weighted by Crippen LogP contribution is -2.15. The summed E-state index contributed by atoms with van der Waals surface area (Å²) in [5.74, 6) is 0. The number of rotatable bonds is 2. The molecule has 0 radical (unpaired) electrons. The molecule has 0 unspecified atom stereocenters. The van der Waals surface area contributed by atoms with Gasteiger partial charge in [-0.25, -0.2) is 0 Å². The van der Waals surface area contributed by atoms with Crippen LogP contribution in [-0.4, -0.2) is 11.7 Å². The van der Waals surface area contributed by atoms with Gasteiger partial charge in [0.2, 0.25) is 0 Å². The minimum absolute atomic E-state index is 0.0369. The van der Waals surface area contributed by atoms with Gasteiger partial charge in [-0.1, -0.05) is 6.07 Å². The van der Waals surface area contributed by atoms with Crippen LogP contribution in [0, 0.1) is 6.92 Å². The van der Waals surface area contributed by atoms with E-state index >= 15 is 0 Å². The molecule has 0 aliphatic carbocycles. The second kappa shape index (κ2) is 3.56. The maximum absolute atomic E-state index is 8.83. The third-order valence-corrected chi connectivity index (χ3v) is 1.89. The van der Waals surface area contributed by atoms with Crippen molar-refractivity contribution in [2.45, 2.75) is 13.0 Å². The average molecular weight is 166 g/mol. The SMILES string of the molecule is Cc1cc(N)ccc1[C@H](N)CO. The van der Waals surface area contributed by atoms with Crippen LogP contribution in [0.4, 0.5) is 5.69 Å². The van der Waals surface area contributed by atoms with E-state index in [9.17, 15) is 0 Å². The summed E-state index contributed by atoms with van der Waals surface area (Å²) >= 11 is 0. The number of nitrogen functional groups attached to an aromatic ring is 1. The molecule has 1 aromatic carbocycles. The van der Waals surface area contributed by atoms with Crippen LogP contribution in [0.5, 0.6) is 0 Å².